The van der Waals surface area contributed by atoms with Gasteiger partial charge in [-0.3, -0.25) is 0 Å². The molecule has 0 aliphatic carbocycles. The number of hydrogen-bond acceptors (Lipinski definition) is 2. The molecule has 96 valence electrons. The molecule has 0 amide bonds. The van der Waals surface area contributed by atoms with Gasteiger partial charge in [0.1, 0.15) is 0 Å². The molecule has 1 atom stereocenters. The third-order valence-electron chi connectivity index (χ3n) is 2.92. The van der Waals surface area contributed by atoms with Crippen LogP contribution in [0.3, 0.4) is 0 Å². The number of aromatic nitrogens is 2. The van der Waals surface area contributed by atoms with Crippen molar-refractivity contribution in [1.29, 1.82) is 0 Å². The molecule has 2 N–H and O–H groups in total. The summed E-state index contributed by atoms with van der Waals surface area (Å²) >= 11 is 6.17. The van der Waals surface area contributed by atoms with Gasteiger partial charge >= 0.3 is 0 Å². The van der Waals surface area contributed by atoms with E-state index in [0.29, 0.717) is 0 Å². The van der Waals surface area contributed by atoms with Gasteiger partial charge in [-0.2, -0.15) is 5.10 Å². The Labute approximate surface area is 113 Å². The molecule has 1 heterocycles. The van der Waals surface area contributed by atoms with Crippen LogP contribution in [-0.2, 0) is 6.42 Å². The Kier molecular flexibility index (Phi) is 3.73. The summed E-state index contributed by atoms with van der Waals surface area (Å²) in [5.74, 6) is 0. The molecule has 0 fully saturated rings. The number of aryl methyl sites for hydroxylation is 1. The molecule has 0 aliphatic heterocycles. The zero-order valence-electron chi connectivity index (χ0n) is 10.9. The highest BCUT2D eigenvalue weighted by molar-refractivity contribution is 6.31. The van der Waals surface area contributed by atoms with Gasteiger partial charge in [-0.15, -0.1) is 0 Å². The van der Waals surface area contributed by atoms with Gasteiger partial charge in [-0.05, 0) is 44.9 Å². The lowest BCUT2D eigenvalue weighted by Gasteiger charge is -2.09. The van der Waals surface area contributed by atoms with Crippen molar-refractivity contribution < 1.29 is 0 Å². The third-order valence-corrected chi connectivity index (χ3v) is 3.46. The van der Waals surface area contributed by atoms with Crippen molar-refractivity contribution in [3.05, 3.63) is 46.2 Å². The van der Waals surface area contributed by atoms with Crippen LogP contribution in [0.4, 0.5) is 0 Å². The van der Waals surface area contributed by atoms with E-state index in [-0.39, 0.29) is 6.04 Å². The monoisotopic (exact) mass is 263 g/mol. The minimum atomic E-state index is 0.157. The number of halogens is 1. The standard InChI is InChI=1S/C14H18ClN3/c1-9(16)7-12-5-4-6-13(8-12)18-11(3)14(15)10(2)17-18/h4-6,8-9H,7,16H2,1-3H3. The first-order valence-electron chi connectivity index (χ1n) is 6.05. The first-order chi connectivity index (χ1) is 8.49. The summed E-state index contributed by atoms with van der Waals surface area (Å²) in [6, 6.07) is 8.40. The Morgan fingerprint density at radius 1 is 1.39 bits per heavy atom. The Bertz CT molecular complexity index is 558. The van der Waals surface area contributed by atoms with Gasteiger partial charge in [0.2, 0.25) is 0 Å². The van der Waals surface area contributed by atoms with Crippen molar-refractivity contribution >= 4 is 11.6 Å². The molecule has 0 aliphatic rings. The van der Waals surface area contributed by atoms with Gasteiger partial charge < -0.3 is 5.73 Å². The highest BCUT2D eigenvalue weighted by atomic mass is 35.5. The normalized spacial score (nSPS) is 12.7. The maximum absolute atomic E-state index is 6.17. The van der Waals surface area contributed by atoms with Crippen LogP contribution in [-0.4, -0.2) is 15.8 Å². The number of rotatable bonds is 3. The predicted octanol–water partition coefficient (Wildman–Crippen LogP) is 3.03. The Hall–Kier alpha value is -1.32. The fourth-order valence-corrected chi connectivity index (χ4v) is 2.18. The topological polar surface area (TPSA) is 43.8 Å². The van der Waals surface area contributed by atoms with Gasteiger partial charge in [0.25, 0.3) is 0 Å². The van der Waals surface area contributed by atoms with Crippen LogP contribution < -0.4 is 5.73 Å². The molecule has 0 spiro atoms. The van der Waals surface area contributed by atoms with Crippen LogP contribution in [0.5, 0.6) is 0 Å². The zero-order chi connectivity index (χ0) is 13.3. The largest absolute Gasteiger partial charge is 0.328 e. The summed E-state index contributed by atoms with van der Waals surface area (Å²) in [4.78, 5) is 0. The number of benzene rings is 1. The van der Waals surface area contributed by atoms with E-state index in [0.717, 1.165) is 28.5 Å². The van der Waals surface area contributed by atoms with E-state index < -0.39 is 0 Å². The number of hydrogen-bond donors (Lipinski definition) is 1. The quantitative estimate of drug-likeness (QED) is 0.925. The van der Waals surface area contributed by atoms with Crippen molar-refractivity contribution in [2.75, 3.05) is 0 Å². The molecular weight excluding hydrogens is 246 g/mol. The molecule has 2 aromatic rings. The van der Waals surface area contributed by atoms with E-state index >= 15 is 0 Å². The average Bonchev–Trinajstić information content (AvgIpc) is 2.56. The van der Waals surface area contributed by atoms with Crippen molar-refractivity contribution in [3.8, 4) is 5.69 Å². The Balaban J connectivity index is 2.41. The fraction of sp³-hybridized carbons (Fsp3) is 0.357. The molecule has 2 rings (SSSR count). The lowest BCUT2D eigenvalue weighted by Crippen LogP contribution is -2.17. The lowest BCUT2D eigenvalue weighted by molar-refractivity contribution is 0.736. The molecule has 0 bridgehead atoms. The minimum Gasteiger partial charge on any atom is -0.328 e. The van der Waals surface area contributed by atoms with Crippen LogP contribution in [0.2, 0.25) is 5.02 Å². The van der Waals surface area contributed by atoms with E-state index in [1.807, 2.05) is 37.6 Å². The first-order valence-corrected chi connectivity index (χ1v) is 6.43. The molecule has 3 nitrogen and oxygen atoms in total. The smallest absolute Gasteiger partial charge is 0.0848 e. The van der Waals surface area contributed by atoms with Crippen LogP contribution >= 0.6 is 11.6 Å². The van der Waals surface area contributed by atoms with E-state index in [4.69, 9.17) is 17.3 Å². The summed E-state index contributed by atoms with van der Waals surface area (Å²) in [5, 5.41) is 5.18. The highest BCUT2D eigenvalue weighted by Gasteiger charge is 2.10. The molecule has 0 saturated carbocycles. The summed E-state index contributed by atoms with van der Waals surface area (Å²) in [6.07, 6.45) is 0.862. The van der Waals surface area contributed by atoms with Gasteiger partial charge in [-0.1, -0.05) is 23.7 Å². The summed E-state index contributed by atoms with van der Waals surface area (Å²) in [6.45, 7) is 5.89. The predicted molar refractivity (Wildman–Crippen MR) is 75.4 cm³/mol. The van der Waals surface area contributed by atoms with E-state index in [1.54, 1.807) is 0 Å². The van der Waals surface area contributed by atoms with Gasteiger partial charge in [0.05, 0.1) is 22.1 Å². The van der Waals surface area contributed by atoms with E-state index in [1.165, 1.54) is 5.56 Å². The van der Waals surface area contributed by atoms with Gasteiger partial charge in [-0.25, -0.2) is 4.68 Å². The maximum Gasteiger partial charge on any atom is 0.0848 e. The van der Waals surface area contributed by atoms with Crippen molar-refractivity contribution in [1.82, 2.24) is 9.78 Å². The maximum atomic E-state index is 6.17. The minimum absolute atomic E-state index is 0.157. The highest BCUT2D eigenvalue weighted by Crippen LogP contribution is 2.22. The van der Waals surface area contributed by atoms with Gasteiger partial charge in [0.15, 0.2) is 0 Å². The van der Waals surface area contributed by atoms with E-state index in [9.17, 15) is 0 Å². The molecule has 4 heteroatoms. The van der Waals surface area contributed by atoms with Crippen LogP contribution in [0, 0.1) is 13.8 Å². The molecular formula is C14H18ClN3. The van der Waals surface area contributed by atoms with Crippen LogP contribution in [0.15, 0.2) is 24.3 Å². The molecule has 1 aromatic carbocycles. The number of nitrogens with zero attached hydrogens (tertiary/aromatic N) is 2. The second kappa shape index (κ2) is 5.12. The van der Waals surface area contributed by atoms with E-state index in [2.05, 4.69) is 17.2 Å². The zero-order valence-corrected chi connectivity index (χ0v) is 11.7. The second-order valence-electron chi connectivity index (χ2n) is 4.75. The van der Waals surface area contributed by atoms with Crippen LogP contribution in [0.25, 0.3) is 5.69 Å². The SMILES string of the molecule is Cc1nn(-c2cccc(CC(C)N)c2)c(C)c1Cl. The summed E-state index contributed by atoms with van der Waals surface area (Å²) in [7, 11) is 0. The second-order valence-corrected chi connectivity index (χ2v) is 5.13. The molecule has 0 radical (unpaired) electrons. The Morgan fingerprint density at radius 2 is 2.11 bits per heavy atom. The summed E-state index contributed by atoms with van der Waals surface area (Å²) < 4.78 is 1.88. The Morgan fingerprint density at radius 3 is 2.67 bits per heavy atom. The first kappa shape index (κ1) is 13.1. The van der Waals surface area contributed by atoms with Gasteiger partial charge in [0, 0.05) is 6.04 Å². The van der Waals surface area contributed by atoms with Crippen molar-refractivity contribution in [2.24, 2.45) is 5.73 Å². The van der Waals surface area contributed by atoms with Crippen molar-refractivity contribution in [3.63, 3.8) is 0 Å². The lowest BCUT2D eigenvalue weighted by atomic mass is 10.1. The molecule has 0 saturated heterocycles. The summed E-state index contributed by atoms with van der Waals surface area (Å²) in [5.41, 5.74) is 9.89. The van der Waals surface area contributed by atoms with Crippen molar-refractivity contribution in [2.45, 2.75) is 33.2 Å². The fourth-order valence-electron chi connectivity index (χ4n) is 2.06. The molecule has 18 heavy (non-hydrogen) atoms. The molecule has 1 unspecified atom stereocenters. The molecule has 1 aromatic heterocycles. The number of nitrogens with two attached hydrogens (primary N) is 1. The van der Waals surface area contributed by atoms with Crippen LogP contribution in [0.1, 0.15) is 23.9 Å². The third kappa shape index (κ3) is 2.57. The average molecular weight is 264 g/mol.